The molecular weight excluding hydrogens is 286 g/mol. The van der Waals surface area contributed by atoms with Gasteiger partial charge in [0.15, 0.2) is 5.78 Å². The van der Waals surface area contributed by atoms with Gasteiger partial charge in [0.2, 0.25) is 0 Å². The van der Waals surface area contributed by atoms with E-state index in [1.807, 2.05) is 30.3 Å². The Morgan fingerprint density at radius 1 is 1.24 bits per heavy atom. The highest BCUT2D eigenvalue weighted by molar-refractivity contribution is 6.17. The molecule has 0 unspecified atom stereocenters. The van der Waals surface area contributed by atoms with Crippen molar-refractivity contribution in [3.63, 3.8) is 0 Å². The number of fused-ring (bicyclic) bond motifs is 4. The molecule has 0 atom stereocenters. The average Bonchev–Trinajstić information content (AvgIpc) is 2.52. The Morgan fingerprint density at radius 2 is 2.14 bits per heavy atom. The lowest BCUT2D eigenvalue weighted by Crippen LogP contribution is -2.15. The first-order chi connectivity index (χ1) is 10.2. The maximum atomic E-state index is 11.5. The summed E-state index contributed by atoms with van der Waals surface area (Å²) in [4.78, 5) is 16.0. The average molecular weight is 298 g/mol. The molecule has 0 fully saturated rings. The van der Waals surface area contributed by atoms with Gasteiger partial charge in [-0.3, -0.25) is 9.78 Å². The highest BCUT2D eigenvalue weighted by atomic mass is 35.5. The van der Waals surface area contributed by atoms with Crippen molar-refractivity contribution in [1.82, 2.24) is 4.98 Å². The molecule has 0 saturated heterocycles. The normalized spacial score (nSPS) is 16.7. The van der Waals surface area contributed by atoms with Gasteiger partial charge in [0, 0.05) is 29.9 Å². The highest BCUT2D eigenvalue weighted by Crippen LogP contribution is 2.38. The molecule has 0 N–H and O–H groups in total. The van der Waals surface area contributed by atoms with Crippen molar-refractivity contribution in [2.45, 2.75) is 18.7 Å². The maximum Gasteiger partial charge on any atom is 0.163 e. The van der Waals surface area contributed by atoms with Crippen molar-refractivity contribution >= 4 is 28.3 Å². The van der Waals surface area contributed by atoms with Crippen molar-refractivity contribution < 1.29 is 9.53 Å². The molecule has 0 saturated carbocycles. The number of hydrogen-bond donors (Lipinski definition) is 0. The molecule has 0 radical (unpaired) electrons. The fourth-order valence-corrected chi connectivity index (χ4v) is 2.97. The van der Waals surface area contributed by atoms with Crippen LogP contribution in [-0.4, -0.2) is 10.8 Å². The Balaban J connectivity index is 1.88. The number of allylic oxidation sites excluding steroid dienone is 3. The fourth-order valence-electron chi connectivity index (χ4n) is 2.83. The molecule has 0 spiro atoms. The number of halogens is 1. The van der Waals surface area contributed by atoms with Crippen LogP contribution < -0.4 is 4.74 Å². The van der Waals surface area contributed by atoms with Gasteiger partial charge in [-0.15, -0.1) is 11.6 Å². The van der Waals surface area contributed by atoms with Crippen LogP contribution in [0.5, 0.6) is 5.75 Å². The van der Waals surface area contributed by atoms with E-state index in [0.717, 1.165) is 39.9 Å². The third-order valence-electron chi connectivity index (χ3n) is 3.88. The van der Waals surface area contributed by atoms with Crippen LogP contribution in [-0.2, 0) is 17.1 Å². The molecule has 4 rings (SSSR count). The number of carbonyl (C=O) groups is 1. The number of aromatic nitrogens is 1. The van der Waals surface area contributed by atoms with E-state index in [9.17, 15) is 4.79 Å². The summed E-state index contributed by atoms with van der Waals surface area (Å²) in [5.74, 6) is 1.99. The number of hydrogen-bond acceptors (Lipinski definition) is 3. The second-order valence-corrected chi connectivity index (χ2v) is 5.50. The predicted octanol–water partition coefficient (Wildman–Crippen LogP) is 3.69. The molecular formula is C17H12ClNO2. The molecule has 1 aliphatic carbocycles. The van der Waals surface area contributed by atoms with Crippen molar-refractivity contribution in [3.05, 3.63) is 59.0 Å². The summed E-state index contributed by atoms with van der Waals surface area (Å²) >= 11 is 5.84. The van der Waals surface area contributed by atoms with Gasteiger partial charge in [-0.2, -0.15) is 0 Å². The molecule has 1 aromatic heterocycles. The van der Waals surface area contributed by atoms with Crippen LogP contribution in [0.3, 0.4) is 0 Å². The van der Waals surface area contributed by atoms with Crippen molar-refractivity contribution in [2.24, 2.45) is 0 Å². The summed E-state index contributed by atoms with van der Waals surface area (Å²) in [5.41, 5.74) is 3.99. The third kappa shape index (κ3) is 2.05. The number of nitrogens with zero attached hydrogens (tertiary/aromatic N) is 1. The number of pyridine rings is 1. The van der Waals surface area contributed by atoms with Crippen LogP contribution in [0.2, 0.25) is 0 Å². The van der Waals surface area contributed by atoms with E-state index in [-0.39, 0.29) is 5.78 Å². The largest absolute Gasteiger partial charge is 0.457 e. The van der Waals surface area contributed by atoms with Crippen LogP contribution in [0.1, 0.15) is 17.7 Å². The smallest absolute Gasteiger partial charge is 0.163 e. The van der Waals surface area contributed by atoms with Crippen molar-refractivity contribution in [1.29, 1.82) is 0 Å². The second kappa shape index (κ2) is 4.71. The maximum absolute atomic E-state index is 11.5. The van der Waals surface area contributed by atoms with Crippen LogP contribution in [0.4, 0.5) is 0 Å². The molecule has 2 heterocycles. The van der Waals surface area contributed by atoms with Gasteiger partial charge in [-0.05, 0) is 23.8 Å². The standard InChI is InChI=1S/C17H12ClNO2/c18-9-11-2-4-13-14-7-10-1-3-12(20)8-17(10)21-16(14)6-5-15(13)19-11/h1-2,4-6,8H,3,7,9H2. The lowest BCUT2D eigenvalue weighted by molar-refractivity contribution is -0.114. The Labute approximate surface area is 126 Å². The monoisotopic (exact) mass is 297 g/mol. The first-order valence-corrected chi connectivity index (χ1v) is 7.37. The quantitative estimate of drug-likeness (QED) is 0.754. The molecule has 0 amide bonds. The summed E-state index contributed by atoms with van der Waals surface area (Å²) in [7, 11) is 0. The van der Waals surface area contributed by atoms with Gasteiger partial charge in [-0.25, -0.2) is 0 Å². The van der Waals surface area contributed by atoms with Crippen molar-refractivity contribution in [3.8, 4) is 5.75 Å². The van der Waals surface area contributed by atoms with E-state index in [2.05, 4.69) is 4.98 Å². The summed E-state index contributed by atoms with van der Waals surface area (Å²) in [5, 5.41) is 1.08. The van der Waals surface area contributed by atoms with Crippen LogP contribution in [0.15, 0.2) is 47.7 Å². The topological polar surface area (TPSA) is 39.2 Å². The van der Waals surface area contributed by atoms with E-state index in [0.29, 0.717) is 18.1 Å². The predicted molar refractivity (Wildman–Crippen MR) is 81.4 cm³/mol. The zero-order valence-corrected chi connectivity index (χ0v) is 12.0. The minimum absolute atomic E-state index is 0.0893. The summed E-state index contributed by atoms with van der Waals surface area (Å²) in [6, 6.07) is 7.84. The number of ether oxygens (including phenoxy) is 1. The molecule has 21 heavy (non-hydrogen) atoms. The molecule has 4 heteroatoms. The van der Waals surface area contributed by atoms with Crippen LogP contribution >= 0.6 is 11.6 Å². The highest BCUT2D eigenvalue weighted by Gasteiger charge is 2.24. The van der Waals surface area contributed by atoms with E-state index in [4.69, 9.17) is 16.3 Å². The molecule has 1 aromatic carbocycles. The van der Waals surface area contributed by atoms with Crippen LogP contribution in [0.25, 0.3) is 10.9 Å². The minimum Gasteiger partial charge on any atom is -0.457 e. The Kier molecular flexibility index (Phi) is 2.82. The van der Waals surface area contributed by atoms with E-state index >= 15 is 0 Å². The van der Waals surface area contributed by atoms with Crippen LogP contribution in [0, 0.1) is 0 Å². The van der Waals surface area contributed by atoms with E-state index in [1.54, 1.807) is 6.08 Å². The van der Waals surface area contributed by atoms with Gasteiger partial charge in [0.05, 0.1) is 17.1 Å². The van der Waals surface area contributed by atoms with E-state index < -0.39 is 0 Å². The zero-order chi connectivity index (χ0) is 14.4. The minimum atomic E-state index is 0.0893. The van der Waals surface area contributed by atoms with Gasteiger partial charge in [0.1, 0.15) is 11.5 Å². The first-order valence-electron chi connectivity index (χ1n) is 6.84. The van der Waals surface area contributed by atoms with Gasteiger partial charge in [0.25, 0.3) is 0 Å². The number of carbonyl (C=O) groups excluding carboxylic acids is 1. The molecule has 2 aliphatic rings. The SMILES string of the molecule is O=C1C=C2Oc3ccc4nc(CCl)ccc4c3CC2=CC1. The molecule has 0 bridgehead atoms. The lowest BCUT2D eigenvalue weighted by Gasteiger charge is -2.25. The Bertz CT molecular complexity index is 836. The first kappa shape index (κ1) is 12.6. The number of rotatable bonds is 1. The summed E-state index contributed by atoms with van der Waals surface area (Å²) in [6.45, 7) is 0. The Hall–Kier alpha value is -2.13. The second-order valence-electron chi connectivity index (χ2n) is 5.23. The third-order valence-corrected chi connectivity index (χ3v) is 4.15. The number of alkyl halides is 1. The molecule has 1 aliphatic heterocycles. The van der Waals surface area contributed by atoms with E-state index in [1.165, 1.54) is 0 Å². The van der Waals surface area contributed by atoms with Gasteiger partial charge < -0.3 is 4.74 Å². The molecule has 2 aromatic rings. The number of ketones is 1. The lowest BCUT2D eigenvalue weighted by atomic mass is 9.92. The molecule has 104 valence electrons. The number of benzene rings is 1. The summed E-state index contributed by atoms with van der Waals surface area (Å²) < 4.78 is 5.89. The van der Waals surface area contributed by atoms with Crippen molar-refractivity contribution in [2.75, 3.05) is 0 Å². The van der Waals surface area contributed by atoms with Gasteiger partial charge in [-0.1, -0.05) is 12.1 Å². The fraction of sp³-hybridized carbons (Fsp3) is 0.176. The van der Waals surface area contributed by atoms with Gasteiger partial charge >= 0.3 is 0 Å². The Morgan fingerprint density at radius 3 is 3.00 bits per heavy atom. The molecule has 3 nitrogen and oxygen atoms in total. The summed E-state index contributed by atoms with van der Waals surface area (Å²) in [6.07, 6.45) is 4.78. The zero-order valence-electron chi connectivity index (χ0n) is 11.2.